The molecule has 6 nitrogen and oxygen atoms in total. The number of fused-ring (bicyclic) bond motifs is 1. The summed E-state index contributed by atoms with van der Waals surface area (Å²) in [6.07, 6.45) is 1.08. The van der Waals surface area contributed by atoms with Crippen molar-refractivity contribution in [3.05, 3.63) is 35.5 Å². The van der Waals surface area contributed by atoms with Gasteiger partial charge < -0.3 is 14.7 Å². The monoisotopic (exact) mass is 509 g/mol. The van der Waals surface area contributed by atoms with Gasteiger partial charge in [-0.25, -0.2) is 4.98 Å². The lowest BCUT2D eigenvalue weighted by molar-refractivity contribution is -0.159. The van der Waals surface area contributed by atoms with E-state index in [1.807, 2.05) is 6.92 Å². The average molecular weight is 510 g/mol. The fourth-order valence-electron chi connectivity index (χ4n) is 6.55. The molecule has 3 aliphatic rings. The number of aliphatic hydroxyl groups is 1. The van der Waals surface area contributed by atoms with E-state index >= 15 is 0 Å². The van der Waals surface area contributed by atoms with Crippen LogP contribution in [0.1, 0.15) is 52.5 Å². The van der Waals surface area contributed by atoms with Gasteiger partial charge in [0.25, 0.3) is 0 Å². The lowest BCUT2D eigenvalue weighted by atomic mass is 9.57. The van der Waals surface area contributed by atoms with E-state index in [0.29, 0.717) is 38.5 Å². The number of alkyl halides is 3. The second-order valence-corrected chi connectivity index (χ2v) is 11.0. The van der Waals surface area contributed by atoms with Gasteiger partial charge in [0.1, 0.15) is 11.9 Å². The molecule has 1 N–H and O–H groups in total. The number of pyridine rings is 1. The number of carbonyl (C=O) groups excluding carboxylic acids is 1. The molecule has 36 heavy (non-hydrogen) atoms. The number of halogens is 3. The van der Waals surface area contributed by atoms with Crippen LogP contribution in [0.25, 0.3) is 0 Å². The number of hydrogen-bond donors (Lipinski definition) is 1. The first kappa shape index (κ1) is 26.9. The predicted octanol–water partition coefficient (Wildman–Crippen LogP) is 4.53. The Morgan fingerprint density at radius 3 is 2.61 bits per heavy atom. The summed E-state index contributed by atoms with van der Waals surface area (Å²) in [6, 6.07) is 2.42. The molecule has 2 fully saturated rings. The van der Waals surface area contributed by atoms with Gasteiger partial charge in [0.2, 0.25) is 0 Å². The maximum absolute atomic E-state index is 13.4. The zero-order valence-electron chi connectivity index (χ0n) is 21.6. The van der Waals surface area contributed by atoms with Gasteiger partial charge in [-0.1, -0.05) is 19.9 Å². The molecule has 2 aliphatic carbocycles. The van der Waals surface area contributed by atoms with E-state index in [0.717, 1.165) is 31.0 Å². The van der Waals surface area contributed by atoms with Crippen LogP contribution in [0.3, 0.4) is 0 Å². The second kappa shape index (κ2) is 10.3. The van der Waals surface area contributed by atoms with Crippen LogP contribution in [0.15, 0.2) is 30.0 Å². The molecule has 1 aliphatic heterocycles. The molecule has 200 valence electrons. The number of anilines is 1. The lowest BCUT2D eigenvalue weighted by Crippen LogP contribution is -2.56. The third-order valence-electron chi connectivity index (χ3n) is 8.64. The molecule has 1 unspecified atom stereocenters. The number of aromatic nitrogens is 1. The van der Waals surface area contributed by atoms with Crippen LogP contribution < -0.4 is 4.90 Å². The van der Waals surface area contributed by atoms with Crippen molar-refractivity contribution in [2.24, 2.45) is 23.7 Å². The SMILES string of the molecule is CC(=O)O[C@@H]1C[C@@]2(O)[C@H](C)CC[C@@H](C(C)CN3CCN(c4ncccc4C(F)(F)F)CC3)[C@H]2C=C1C. The van der Waals surface area contributed by atoms with Crippen molar-refractivity contribution in [3.63, 3.8) is 0 Å². The lowest BCUT2D eigenvalue weighted by Gasteiger charge is -2.53. The van der Waals surface area contributed by atoms with Crippen molar-refractivity contribution in [1.29, 1.82) is 0 Å². The van der Waals surface area contributed by atoms with Crippen LogP contribution in [-0.2, 0) is 15.7 Å². The van der Waals surface area contributed by atoms with Crippen LogP contribution in [0.5, 0.6) is 0 Å². The highest BCUT2D eigenvalue weighted by Gasteiger charge is 2.52. The number of ether oxygens (including phenoxy) is 1. The summed E-state index contributed by atoms with van der Waals surface area (Å²) >= 11 is 0. The van der Waals surface area contributed by atoms with Crippen molar-refractivity contribution < 1.29 is 27.8 Å². The molecule has 9 heteroatoms. The predicted molar refractivity (Wildman–Crippen MR) is 131 cm³/mol. The van der Waals surface area contributed by atoms with E-state index in [2.05, 4.69) is 29.8 Å². The maximum atomic E-state index is 13.4. The van der Waals surface area contributed by atoms with Crippen molar-refractivity contribution >= 4 is 11.8 Å². The molecule has 1 aromatic heterocycles. The van der Waals surface area contributed by atoms with E-state index in [-0.39, 0.29) is 35.6 Å². The number of hydrogen-bond acceptors (Lipinski definition) is 6. The number of carbonyl (C=O) groups is 1. The summed E-state index contributed by atoms with van der Waals surface area (Å²) in [6.45, 7) is 10.8. The van der Waals surface area contributed by atoms with Gasteiger partial charge in [0.05, 0.1) is 11.2 Å². The highest BCUT2D eigenvalue weighted by atomic mass is 19.4. The minimum Gasteiger partial charge on any atom is -0.458 e. The summed E-state index contributed by atoms with van der Waals surface area (Å²) < 4.78 is 45.8. The zero-order chi connectivity index (χ0) is 26.3. The van der Waals surface area contributed by atoms with Crippen molar-refractivity contribution in [3.8, 4) is 0 Å². The van der Waals surface area contributed by atoms with Crippen molar-refractivity contribution in [1.82, 2.24) is 9.88 Å². The van der Waals surface area contributed by atoms with Gasteiger partial charge >= 0.3 is 12.1 Å². The van der Waals surface area contributed by atoms with E-state index in [9.17, 15) is 23.1 Å². The Kier molecular flexibility index (Phi) is 7.72. The summed E-state index contributed by atoms with van der Waals surface area (Å²) in [5.41, 5.74) is -0.604. The quantitative estimate of drug-likeness (QED) is 0.465. The zero-order valence-corrected chi connectivity index (χ0v) is 21.6. The fraction of sp³-hybridized carbons (Fsp3) is 0.704. The standard InChI is InChI=1S/C27H38F3N3O3/c1-17-14-23-21(8-7-19(3)26(23,35)15-24(17)36-20(4)34)18(2)16-32-10-12-33(13-11-32)25-22(27(28,29)30)6-5-9-31-25/h5-6,9,14,18-19,21,23-24,35H,7-8,10-13,15-16H2,1-4H3/t18?,19-,21+,23-,24-,26-/m1/s1. The molecule has 0 aromatic carbocycles. The molecule has 0 bridgehead atoms. The number of rotatable bonds is 5. The van der Waals surface area contributed by atoms with Gasteiger partial charge in [-0.2, -0.15) is 13.2 Å². The number of esters is 1. The van der Waals surface area contributed by atoms with E-state index in [1.54, 1.807) is 4.90 Å². The highest BCUT2D eigenvalue weighted by molar-refractivity contribution is 5.66. The normalized spacial score (nSPS) is 32.4. The molecule has 2 heterocycles. The van der Waals surface area contributed by atoms with Gasteiger partial charge in [0.15, 0.2) is 0 Å². The molecule has 6 atom stereocenters. The Balaban J connectivity index is 1.42. The van der Waals surface area contributed by atoms with Crippen LogP contribution in [0.2, 0.25) is 0 Å². The molecule has 0 radical (unpaired) electrons. The average Bonchev–Trinajstić information content (AvgIpc) is 2.81. The number of piperazine rings is 1. The Bertz CT molecular complexity index is 977. The van der Waals surface area contributed by atoms with Gasteiger partial charge in [-0.15, -0.1) is 0 Å². The maximum Gasteiger partial charge on any atom is 0.419 e. The molecule has 4 rings (SSSR count). The van der Waals surface area contributed by atoms with E-state index in [1.165, 1.54) is 19.2 Å². The van der Waals surface area contributed by atoms with Crippen LogP contribution in [-0.4, -0.2) is 65.4 Å². The Labute approximate surface area is 211 Å². The molecular weight excluding hydrogens is 471 g/mol. The smallest absolute Gasteiger partial charge is 0.419 e. The minimum absolute atomic E-state index is 0.00721. The Hall–Kier alpha value is -2.13. The number of nitrogens with zero attached hydrogens (tertiary/aromatic N) is 3. The van der Waals surface area contributed by atoms with Gasteiger partial charge in [0, 0.05) is 58.2 Å². The Morgan fingerprint density at radius 2 is 1.97 bits per heavy atom. The highest BCUT2D eigenvalue weighted by Crippen LogP contribution is 2.51. The summed E-state index contributed by atoms with van der Waals surface area (Å²) in [5, 5.41) is 11.8. The first-order valence-corrected chi connectivity index (χ1v) is 13.0. The van der Waals surface area contributed by atoms with E-state index in [4.69, 9.17) is 4.74 Å². The Morgan fingerprint density at radius 1 is 1.28 bits per heavy atom. The largest absolute Gasteiger partial charge is 0.458 e. The van der Waals surface area contributed by atoms with Crippen LogP contribution in [0, 0.1) is 23.7 Å². The first-order chi connectivity index (χ1) is 16.9. The first-order valence-electron chi connectivity index (χ1n) is 13.0. The van der Waals surface area contributed by atoms with Gasteiger partial charge in [-0.3, -0.25) is 9.69 Å². The van der Waals surface area contributed by atoms with Crippen LogP contribution in [0.4, 0.5) is 19.0 Å². The molecule has 0 amide bonds. The topological polar surface area (TPSA) is 65.9 Å². The minimum atomic E-state index is -4.43. The molecular formula is C27H38F3N3O3. The second-order valence-electron chi connectivity index (χ2n) is 11.0. The summed E-state index contributed by atoms with van der Waals surface area (Å²) in [5.74, 6) is 0.357. The molecule has 1 aromatic rings. The third-order valence-corrected chi connectivity index (χ3v) is 8.64. The van der Waals surface area contributed by atoms with Crippen LogP contribution >= 0.6 is 0 Å². The molecule has 0 spiro atoms. The van der Waals surface area contributed by atoms with Crippen molar-refractivity contribution in [2.45, 2.75) is 64.8 Å². The fourth-order valence-corrected chi connectivity index (χ4v) is 6.55. The van der Waals surface area contributed by atoms with Crippen molar-refractivity contribution in [2.75, 3.05) is 37.6 Å². The summed E-state index contributed by atoms with van der Waals surface area (Å²) in [7, 11) is 0. The van der Waals surface area contributed by atoms with Gasteiger partial charge in [-0.05, 0) is 55.2 Å². The third kappa shape index (κ3) is 5.42. The van der Waals surface area contributed by atoms with E-state index < -0.39 is 17.3 Å². The molecule has 1 saturated heterocycles. The summed E-state index contributed by atoms with van der Waals surface area (Å²) in [4.78, 5) is 19.7. The molecule has 1 saturated carbocycles.